The van der Waals surface area contributed by atoms with E-state index in [1.54, 1.807) is 17.5 Å². The second-order valence-electron chi connectivity index (χ2n) is 4.58. The smallest absolute Gasteiger partial charge is 0.317 e. The summed E-state index contributed by atoms with van der Waals surface area (Å²) in [5.74, 6) is 0.759. The lowest BCUT2D eigenvalue weighted by atomic mass is 10.00. The summed E-state index contributed by atoms with van der Waals surface area (Å²) in [5.41, 5.74) is 0. The fourth-order valence-electron chi connectivity index (χ4n) is 1.98. The molecule has 1 aromatic heterocycles. The second-order valence-corrected chi connectivity index (χ2v) is 5.56. The summed E-state index contributed by atoms with van der Waals surface area (Å²) >= 11 is 1.63. The van der Waals surface area contributed by atoms with Crippen LogP contribution in [0.4, 0.5) is 4.79 Å². The SMILES string of the molecule is CC1CCN(C(=O)NCCc2nccs2)CC1. The van der Waals surface area contributed by atoms with E-state index in [0.29, 0.717) is 6.54 Å². The third-order valence-electron chi connectivity index (χ3n) is 3.17. The van der Waals surface area contributed by atoms with Gasteiger partial charge in [0, 0.05) is 37.6 Å². The monoisotopic (exact) mass is 253 g/mol. The van der Waals surface area contributed by atoms with Crippen LogP contribution < -0.4 is 5.32 Å². The Morgan fingerprint density at radius 2 is 2.35 bits per heavy atom. The average Bonchev–Trinajstić information content (AvgIpc) is 2.83. The number of carbonyl (C=O) groups is 1. The van der Waals surface area contributed by atoms with E-state index in [2.05, 4.69) is 17.2 Å². The van der Waals surface area contributed by atoms with Gasteiger partial charge in [0.15, 0.2) is 0 Å². The number of nitrogens with one attached hydrogen (secondary N) is 1. The van der Waals surface area contributed by atoms with Crippen LogP contribution in [-0.4, -0.2) is 35.5 Å². The quantitative estimate of drug-likeness (QED) is 0.897. The molecule has 2 rings (SSSR count). The Labute approximate surface area is 106 Å². The lowest BCUT2D eigenvalue weighted by Crippen LogP contribution is -2.44. The number of aromatic nitrogens is 1. The zero-order valence-corrected chi connectivity index (χ0v) is 11.0. The summed E-state index contributed by atoms with van der Waals surface area (Å²) in [6.07, 6.45) is 4.88. The molecule has 0 atom stereocenters. The van der Waals surface area contributed by atoms with Crippen LogP contribution in [0, 0.1) is 5.92 Å². The molecule has 2 heterocycles. The van der Waals surface area contributed by atoms with Gasteiger partial charge in [0.05, 0.1) is 5.01 Å². The van der Waals surface area contributed by atoms with Gasteiger partial charge in [0.2, 0.25) is 0 Å². The predicted molar refractivity (Wildman–Crippen MR) is 69.2 cm³/mol. The second kappa shape index (κ2) is 6.00. The van der Waals surface area contributed by atoms with E-state index in [1.807, 2.05) is 10.3 Å². The van der Waals surface area contributed by atoms with E-state index >= 15 is 0 Å². The molecule has 0 saturated carbocycles. The van der Waals surface area contributed by atoms with Gasteiger partial charge in [-0.3, -0.25) is 0 Å². The molecule has 1 aliphatic rings. The molecule has 4 nitrogen and oxygen atoms in total. The summed E-state index contributed by atoms with van der Waals surface area (Å²) in [6.45, 7) is 4.71. The summed E-state index contributed by atoms with van der Waals surface area (Å²) in [6, 6.07) is 0.0773. The van der Waals surface area contributed by atoms with Crippen LogP contribution in [0.25, 0.3) is 0 Å². The van der Waals surface area contributed by atoms with Crippen LogP contribution in [0.1, 0.15) is 24.8 Å². The molecule has 0 spiro atoms. The van der Waals surface area contributed by atoms with Crippen molar-refractivity contribution in [2.75, 3.05) is 19.6 Å². The van der Waals surface area contributed by atoms with Crippen molar-refractivity contribution in [2.24, 2.45) is 5.92 Å². The molecule has 1 aliphatic heterocycles. The van der Waals surface area contributed by atoms with Crippen molar-refractivity contribution in [1.82, 2.24) is 15.2 Å². The lowest BCUT2D eigenvalue weighted by Gasteiger charge is -2.30. The number of likely N-dealkylation sites (tertiary alicyclic amines) is 1. The Kier molecular flexibility index (Phi) is 4.36. The first-order valence-corrected chi connectivity index (χ1v) is 7.05. The molecule has 1 fully saturated rings. The topological polar surface area (TPSA) is 45.2 Å². The molecule has 0 unspecified atom stereocenters. The number of urea groups is 1. The van der Waals surface area contributed by atoms with Crippen LogP contribution in [-0.2, 0) is 6.42 Å². The summed E-state index contributed by atoms with van der Waals surface area (Å²) < 4.78 is 0. The number of hydrogen-bond donors (Lipinski definition) is 1. The zero-order valence-electron chi connectivity index (χ0n) is 10.2. The zero-order chi connectivity index (χ0) is 12.1. The number of hydrogen-bond acceptors (Lipinski definition) is 3. The highest BCUT2D eigenvalue weighted by atomic mass is 32.1. The van der Waals surface area contributed by atoms with E-state index in [-0.39, 0.29) is 6.03 Å². The Morgan fingerprint density at radius 3 is 3.00 bits per heavy atom. The molecule has 94 valence electrons. The summed E-state index contributed by atoms with van der Waals surface area (Å²) in [4.78, 5) is 17.9. The molecule has 1 aromatic rings. The molecule has 0 aromatic carbocycles. The number of rotatable bonds is 3. The van der Waals surface area contributed by atoms with Crippen molar-refractivity contribution < 1.29 is 4.79 Å². The van der Waals surface area contributed by atoms with E-state index in [4.69, 9.17) is 0 Å². The Hall–Kier alpha value is -1.10. The van der Waals surface area contributed by atoms with E-state index in [1.165, 1.54) is 0 Å². The van der Waals surface area contributed by atoms with Gasteiger partial charge in [-0.15, -0.1) is 11.3 Å². The third-order valence-corrected chi connectivity index (χ3v) is 4.01. The van der Waals surface area contributed by atoms with Gasteiger partial charge in [0.1, 0.15) is 0 Å². The van der Waals surface area contributed by atoms with Gasteiger partial charge in [-0.25, -0.2) is 9.78 Å². The molecule has 5 heteroatoms. The van der Waals surface area contributed by atoms with Crippen molar-refractivity contribution in [2.45, 2.75) is 26.2 Å². The first-order valence-electron chi connectivity index (χ1n) is 6.17. The fraction of sp³-hybridized carbons (Fsp3) is 0.667. The van der Waals surface area contributed by atoms with E-state index in [9.17, 15) is 4.79 Å². The van der Waals surface area contributed by atoms with Crippen LogP contribution in [0.5, 0.6) is 0 Å². The molecule has 1 N–H and O–H groups in total. The van der Waals surface area contributed by atoms with Gasteiger partial charge >= 0.3 is 6.03 Å². The van der Waals surface area contributed by atoms with Crippen LogP contribution in [0.2, 0.25) is 0 Å². The minimum atomic E-state index is 0.0773. The van der Waals surface area contributed by atoms with Crippen molar-refractivity contribution in [3.63, 3.8) is 0 Å². The Balaban J connectivity index is 1.67. The fourth-order valence-corrected chi connectivity index (χ4v) is 2.60. The van der Waals surface area contributed by atoms with Crippen molar-refractivity contribution in [3.8, 4) is 0 Å². The average molecular weight is 253 g/mol. The minimum absolute atomic E-state index is 0.0773. The van der Waals surface area contributed by atoms with Gasteiger partial charge < -0.3 is 10.2 Å². The first-order chi connectivity index (χ1) is 8.25. The molecule has 0 bridgehead atoms. The minimum Gasteiger partial charge on any atom is -0.338 e. The molecule has 2 amide bonds. The maximum atomic E-state index is 11.8. The maximum absolute atomic E-state index is 11.8. The summed E-state index contributed by atoms with van der Waals surface area (Å²) in [5, 5.41) is 6.00. The highest BCUT2D eigenvalue weighted by Crippen LogP contribution is 2.15. The van der Waals surface area contributed by atoms with E-state index in [0.717, 1.165) is 43.3 Å². The normalized spacial score (nSPS) is 17.1. The molecule has 0 aliphatic carbocycles. The van der Waals surface area contributed by atoms with Crippen LogP contribution in [0.15, 0.2) is 11.6 Å². The highest BCUT2D eigenvalue weighted by molar-refractivity contribution is 7.09. The maximum Gasteiger partial charge on any atom is 0.317 e. The molecule has 17 heavy (non-hydrogen) atoms. The van der Waals surface area contributed by atoms with Gasteiger partial charge in [-0.1, -0.05) is 6.92 Å². The molecular weight excluding hydrogens is 234 g/mol. The van der Waals surface area contributed by atoms with Gasteiger partial charge in [-0.05, 0) is 18.8 Å². The van der Waals surface area contributed by atoms with Gasteiger partial charge in [0.25, 0.3) is 0 Å². The van der Waals surface area contributed by atoms with Crippen LogP contribution >= 0.6 is 11.3 Å². The van der Waals surface area contributed by atoms with Crippen LogP contribution in [0.3, 0.4) is 0 Å². The highest BCUT2D eigenvalue weighted by Gasteiger charge is 2.19. The van der Waals surface area contributed by atoms with Crippen molar-refractivity contribution in [3.05, 3.63) is 16.6 Å². The summed E-state index contributed by atoms with van der Waals surface area (Å²) in [7, 11) is 0. The lowest BCUT2D eigenvalue weighted by molar-refractivity contribution is 0.174. The molecule has 0 radical (unpaired) electrons. The molecule has 1 saturated heterocycles. The first kappa shape index (κ1) is 12.4. The number of amides is 2. The van der Waals surface area contributed by atoms with Crippen molar-refractivity contribution in [1.29, 1.82) is 0 Å². The Morgan fingerprint density at radius 1 is 1.59 bits per heavy atom. The van der Waals surface area contributed by atoms with E-state index < -0.39 is 0 Å². The predicted octanol–water partition coefficient (Wildman–Crippen LogP) is 2.13. The van der Waals surface area contributed by atoms with Gasteiger partial charge in [-0.2, -0.15) is 0 Å². The number of piperidine rings is 1. The number of thiazole rings is 1. The Bertz CT molecular complexity index is 345. The third kappa shape index (κ3) is 3.70. The largest absolute Gasteiger partial charge is 0.338 e. The standard InChI is InChI=1S/C12H19N3OS/c1-10-3-7-15(8-4-10)12(16)14-5-2-11-13-6-9-17-11/h6,9-10H,2-5,7-8H2,1H3,(H,14,16). The number of carbonyl (C=O) groups excluding carboxylic acids is 1. The van der Waals surface area contributed by atoms with Crippen molar-refractivity contribution >= 4 is 17.4 Å². The number of nitrogens with zero attached hydrogens (tertiary/aromatic N) is 2. The molecular formula is C12H19N3OS.